The van der Waals surface area contributed by atoms with Crippen LogP contribution in [-0.4, -0.2) is 36.2 Å². The summed E-state index contributed by atoms with van der Waals surface area (Å²) >= 11 is 0. The minimum absolute atomic E-state index is 0.177. The van der Waals surface area contributed by atoms with Crippen LogP contribution in [0.1, 0.15) is 18.4 Å². The highest BCUT2D eigenvalue weighted by Gasteiger charge is 2.39. The topological polar surface area (TPSA) is 88.6 Å². The van der Waals surface area contributed by atoms with E-state index in [1.165, 1.54) is 40.7 Å². The van der Waals surface area contributed by atoms with E-state index in [4.69, 9.17) is 4.74 Å². The van der Waals surface area contributed by atoms with E-state index in [1.807, 2.05) is 0 Å². The second kappa shape index (κ2) is 9.46. The summed E-state index contributed by atoms with van der Waals surface area (Å²) in [5.74, 6) is 0.0298. The lowest BCUT2D eigenvalue weighted by Crippen LogP contribution is -2.45. The molecule has 2 heterocycles. The van der Waals surface area contributed by atoms with Gasteiger partial charge in [-0.2, -0.15) is 4.31 Å². The lowest BCUT2D eigenvalue weighted by atomic mass is 10.2. The Kier molecular flexibility index (Phi) is 6.48. The van der Waals surface area contributed by atoms with Gasteiger partial charge >= 0.3 is 0 Å². The molecule has 32 heavy (non-hydrogen) atoms. The van der Waals surface area contributed by atoms with Crippen molar-refractivity contribution in [3.8, 4) is 11.6 Å². The average Bonchev–Trinajstić information content (AvgIpc) is 3.31. The molecule has 1 atom stereocenters. The van der Waals surface area contributed by atoms with Crippen molar-refractivity contribution in [3.05, 3.63) is 84.3 Å². The maximum Gasteiger partial charge on any atom is 0.243 e. The van der Waals surface area contributed by atoms with Gasteiger partial charge in [-0.25, -0.2) is 17.8 Å². The largest absolute Gasteiger partial charge is 0.439 e. The van der Waals surface area contributed by atoms with Crippen LogP contribution < -0.4 is 10.1 Å². The van der Waals surface area contributed by atoms with Crippen LogP contribution >= 0.6 is 0 Å². The number of nitrogens with one attached hydrogen (secondary N) is 1. The molecule has 1 unspecified atom stereocenters. The number of carbonyl (C=O) groups excluding carboxylic acids is 1. The van der Waals surface area contributed by atoms with E-state index >= 15 is 0 Å². The smallest absolute Gasteiger partial charge is 0.243 e. The molecule has 0 saturated carbocycles. The van der Waals surface area contributed by atoms with Crippen LogP contribution in [0.4, 0.5) is 4.39 Å². The van der Waals surface area contributed by atoms with E-state index in [-0.39, 0.29) is 23.2 Å². The Hall–Kier alpha value is -3.30. The Balaban J connectivity index is 1.40. The van der Waals surface area contributed by atoms with Gasteiger partial charge in [0.05, 0.1) is 4.90 Å². The zero-order chi connectivity index (χ0) is 22.6. The molecule has 9 heteroatoms. The number of pyridine rings is 1. The van der Waals surface area contributed by atoms with E-state index in [0.29, 0.717) is 31.0 Å². The first-order valence-corrected chi connectivity index (χ1v) is 11.6. The molecule has 2 aromatic carbocycles. The highest BCUT2D eigenvalue weighted by atomic mass is 32.2. The van der Waals surface area contributed by atoms with Gasteiger partial charge < -0.3 is 10.1 Å². The lowest BCUT2D eigenvalue weighted by molar-refractivity contribution is -0.124. The molecule has 0 bridgehead atoms. The van der Waals surface area contributed by atoms with Crippen molar-refractivity contribution < 1.29 is 22.3 Å². The number of ether oxygens (including phenoxy) is 1. The van der Waals surface area contributed by atoms with Crippen molar-refractivity contribution in [1.29, 1.82) is 0 Å². The van der Waals surface area contributed by atoms with Gasteiger partial charge in [0.2, 0.25) is 21.8 Å². The van der Waals surface area contributed by atoms with E-state index in [2.05, 4.69) is 10.3 Å². The van der Waals surface area contributed by atoms with Gasteiger partial charge in [-0.15, -0.1) is 0 Å². The molecule has 1 N–H and O–H groups in total. The maximum atomic E-state index is 13.0. The fourth-order valence-corrected chi connectivity index (χ4v) is 5.24. The van der Waals surface area contributed by atoms with Crippen LogP contribution in [0.5, 0.6) is 11.6 Å². The minimum Gasteiger partial charge on any atom is -0.439 e. The van der Waals surface area contributed by atoms with Crippen molar-refractivity contribution >= 4 is 15.9 Å². The molecular weight excluding hydrogens is 433 g/mol. The first-order chi connectivity index (χ1) is 15.4. The second-order valence-corrected chi connectivity index (χ2v) is 9.25. The van der Waals surface area contributed by atoms with Crippen LogP contribution in [0, 0.1) is 5.82 Å². The van der Waals surface area contributed by atoms with Crippen LogP contribution in [0.2, 0.25) is 0 Å². The fourth-order valence-electron chi connectivity index (χ4n) is 3.56. The molecule has 0 aliphatic carbocycles. The molecular formula is C23H22FN3O4S. The number of nitrogens with zero attached hydrogens (tertiary/aromatic N) is 2. The molecule has 0 radical (unpaired) electrons. The van der Waals surface area contributed by atoms with Crippen LogP contribution in [0.3, 0.4) is 0 Å². The van der Waals surface area contributed by atoms with E-state index < -0.39 is 16.1 Å². The summed E-state index contributed by atoms with van der Waals surface area (Å²) in [7, 11) is -3.74. The van der Waals surface area contributed by atoms with Crippen LogP contribution in [0.25, 0.3) is 0 Å². The van der Waals surface area contributed by atoms with E-state index in [9.17, 15) is 17.6 Å². The van der Waals surface area contributed by atoms with Crippen molar-refractivity contribution in [3.63, 3.8) is 0 Å². The first kappa shape index (κ1) is 21.9. The molecule has 166 valence electrons. The number of aromatic nitrogens is 1. The van der Waals surface area contributed by atoms with Crippen molar-refractivity contribution in [2.24, 2.45) is 0 Å². The summed E-state index contributed by atoms with van der Waals surface area (Å²) in [5.41, 5.74) is 0.737. The molecule has 1 aromatic heterocycles. The molecule has 7 nitrogen and oxygen atoms in total. The second-order valence-electron chi connectivity index (χ2n) is 7.36. The Morgan fingerprint density at radius 2 is 1.88 bits per heavy atom. The number of amides is 1. The van der Waals surface area contributed by atoms with Gasteiger partial charge in [0.1, 0.15) is 17.6 Å². The number of hydrogen-bond donors (Lipinski definition) is 1. The van der Waals surface area contributed by atoms with Gasteiger partial charge in [-0.1, -0.05) is 18.2 Å². The maximum absolute atomic E-state index is 13.0. The number of benzene rings is 2. The summed E-state index contributed by atoms with van der Waals surface area (Å²) in [6.07, 6.45) is 2.63. The summed E-state index contributed by atoms with van der Waals surface area (Å²) in [5, 5.41) is 2.82. The number of sulfonamides is 1. The summed E-state index contributed by atoms with van der Waals surface area (Å²) < 4.78 is 45.8. The summed E-state index contributed by atoms with van der Waals surface area (Å²) in [6.45, 7) is 0.497. The van der Waals surface area contributed by atoms with Gasteiger partial charge in [-0.05, 0) is 60.9 Å². The van der Waals surface area contributed by atoms with Gasteiger partial charge in [0.25, 0.3) is 0 Å². The summed E-state index contributed by atoms with van der Waals surface area (Å²) in [6, 6.07) is 16.3. The third-order valence-electron chi connectivity index (χ3n) is 5.16. The predicted molar refractivity (Wildman–Crippen MR) is 116 cm³/mol. The summed E-state index contributed by atoms with van der Waals surface area (Å²) in [4.78, 5) is 17.1. The van der Waals surface area contributed by atoms with Crippen LogP contribution in [-0.2, 0) is 21.4 Å². The normalized spacial score (nSPS) is 16.6. The Morgan fingerprint density at radius 3 is 2.62 bits per heavy atom. The number of carbonyl (C=O) groups is 1. The monoisotopic (exact) mass is 455 g/mol. The molecule has 3 aromatic rings. The SMILES string of the molecule is O=C(NCc1ccnc(Oc2ccc(F)cc2)c1)C1CCCN1S(=O)(=O)c1ccccc1. The lowest BCUT2D eigenvalue weighted by Gasteiger charge is -2.23. The Bertz CT molecular complexity index is 1190. The van der Waals surface area contributed by atoms with Crippen molar-refractivity contribution in [2.75, 3.05) is 6.54 Å². The highest BCUT2D eigenvalue weighted by molar-refractivity contribution is 7.89. The van der Waals surface area contributed by atoms with Crippen molar-refractivity contribution in [1.82, 2.24) is 14.6 Å². The zero-order valence-corrected chi connectivity index (χ0v) is 18.0. The van der Waals surface area contributed by atoms with Gasteiger partial charge in [0.15, 0.2) is 0 Å². The molecule has 1 fully saturated rings. The number of rotatable bonds is 7. The van der Waals surface area contributed by atoms with Crippen molar-refractivity contribution in [2.45, 2.75) is 30.3 Å². The molecule has 1 aliphatic heterocycles. The molecule has 0 spiro atoms. The fraction of sp³-hybridized carbons (Fsp3) is 0.217. The average molecular weight is 456 g/mol. The standard InChI is InChI=1S/C23H22FN3O4S/c24-18-8-10-19(11-9-18)31-22-15-17(12-13-25-22)16-26-23(28)21-7-4-14-27(21)32(29,30)20-5-2-1-3-6-20/h1-3,5-6,8-13,15,21H,4,7,14,16H2,(H,26,28). The van der Waals surface area contributed by atoms with E-state index in [0.717, 1.165) is 5.56 Å². The molecule has 1 aliphatic rings. The van der Waals surface area contributed by atoms with Gasteiger partial charge in [0, 0.05) is 25.4 Å². The van der Waals surface area contributed by atoms with Gasteiger partial charge in [-0.3, -0.25) is 4.79 Å². The predicted octanol–water partition coefficient (Wildman–Crippen LogP) is 3.48. The number of hydrogen-bond acceptors (Lipinski definition) is 5. The molecule has 1 amide bonds. The third-order valence-corrected chi connectivity index (χ3v) is 7.08. The Morgan fingerprint density at radius 1 is 1.12 bits per heavy atom. The first-order valence-electron chi connectivity index (χ1n) is 10.2. The highest BCUT2D eigenvalue weighted by Crippen LogP contribution is 2.26. The molecule has 1 saturated heterocycles. The third kappa shape index (κ3) is 4.95. The number of halogens is 1. The van der Waals surface area contributed by atoms with E-state index in [1.54, 1.807) is 36.5 Å². The minimum atomic E-state index is -3.74. The molecule has 4 rings (SSSR count). The quantitative estimate of drug-likeness (QED) is 0.589. The zero-order valence-electron chi connectivity index (χ0n) is 17.1. The Labute approximate surface area is 185 Å². The van der Waals surface area contributed by atoms with Crippen LogP contribution in [0.15, 0.2) is 77.8 Å².